The maximum absolute atomic E-state index is 12.0. The summed E-state index contributed by atoms with van der Waals surface area (Å²) in [6.07, 6.45) is 0.326. The van der Waals surface area contributed by atoms with Crippen LogP contribution in [0.3, 0.4) is 0 Å². The van der Waals surface area contributed by atoms with E-state index in [0.29, 0.717) is 29.5 Å². The predicted octanol–water partition coefficient (Wildman–Crippen LogP) is 2.13. The number of benzene rings is 2. The van der Waals surface area contributed by atoms with E-state index in [-0.39, 0.29) is 23.6 Å². The van der Waals surface area contributed by atoms with E-state index in [1.54, 1.807) is 13.2 Å². The maximum atomic E-state index is 12.0. The van der Waals surface area contributed by atoms with E-state index in [4.69, 9.17) is 9.15 Å². The van der Waals surface area contributed by atoms with Gasteiger partial charge in [0.15, 0.2) is 0 Å². The SMILES string of the molecule is COc1ccccc1-c1nnc(CCNC(=O)c2ccc(O)cc2O)o1. The Labute approximate surface area is 149 Å². The van der Waals surface area contributed by atoms with Crippen LogP contribution in [0.1, 0.15) is 16.2 Å². The first kappa shape index (κ1) is 17.3. The first-order valence-corrected chi connectivity index (χ1v) is 7.84. The van der Waals surface area contributed by atoms with Crippen LogP contribution in [0.15, 0.2) is 46.9 Å². The molecule has 0 bridgehead atoms. The Bertz CT molecular complexity index is 923. The standard InChI is InChI=1S/C18H17N3O5/c1-25-15-5-3-2-4-13(15)18-21-20-16(26-18)8-9-19-17(24)12-7-6-11(22)10-14(12)23/h2-7,10,22-23H,8-9H2,1H3,(H,19,24). The molecule has 2 aromatic carbocycles. The number of hydrogen-bond acceptors (Lipinski definition) is 7. The molecule has 0 aliphatic carbocycles. The van der Waals surface area contributed by atoms with Crippen molar-refractivity contribution in [2.24, 2.45) is 0 Å². The molecule has 0 fully saturated rings. The van der Waals surface area contributed by atoms with Crippen molar-refractivity contribution in [3.8, 4) is 28.7 Å². The number of rotatable bonds is 6. The summed E-state index contributed by atoms with van der Waals surface area (Å²) in [4.78, 5) is 12.0. The molecule has 0 aliphatic rings. The van der Waals surface area contributed by atoms with Crippen LogP contribution in [-0.2, 0) is 6.42 Å². The Morgan fingerprint density at radius 2 is 2.00 bits per heavy atom. The van der Waals surface area contributed by atoms with Crippen molar-refractivity contribution in [3.05, 3.63) is 53.9 Å². The second-order valence-electron chi connectivity index (χ2n) is 5.41. The Morgan fingerprint density at radius 1 is 1.19 bits per heavy atom. The van der Waals surface area contributed by atoms with Crippen molar-refractivity contribution in [2.45, 2.75) is 6.42 Å². The summed E-state index contributed by atoms with van der Waals surface area (Å²) in [5.74, 6) is 0.444. The van der Waals surface area contributed by atoms with Gasteiger partial charge in [-0.05, 0) is 24.3 Å². The van der Waals surface area contributed by atoms with Gasteiger partial charge >= 0.3 is 0 Å². The number of phenolic OH excluding ortho intramolecular Hbond substituents is 2. The van der Waals surface area contributed by atoms with E-state index in [0.717, 1.165) is 6.07 Å². The lowest BCUT2D eigenvalue weighted by Crippen LogP contribution is -2.25. The van der Waals surface area contributed by atoms with Gasteiger partial charge in [0.05, 0.1) is 18.2 Å². The van der Waals surface area contributed by atoms with Crippen molar-refractivity contribution in [1.29, 1.82) is 0 Å². The summed E-state index contributed by atoms with van der Waals surface area (Å²) in [6.45, 7) is 0.243. The molecule has 0 aliphatic heterocycles. The topological polar surface area (TPSA) is 118 Å². The van der Waals surface area contributed by atoms with Crippen LogP contribution < -0.4 is 10.1 Å². The van der Waals surface area contributed by atoms with E-state index < -0.39 is 5.91 Å². The molecule has 0 spiro atoms. The zero-order chi connectivity index (χ0) is 18.5. The number of aromatic nitrogens is 2. The van der Waals surface area contributed by atoms with Gasteiger partial charge in [-0.3, -0.25) is 4.79 Å². The fraction of sp³-hybridized carbons (Fsp3) is 0.167. The molecule has 0 saturated heterocycles. The molecule has 0 saturated carbocycles. The van der Waals surface area contributed by atoms with Gasteiger partial charge in [0.2, 0.25) is 5.89 Å². The van der Waals surface area contributed by atoms with Gasteiger partial charge in [-0.25, -0.2) is 0 Å². The van der Waals surface area contributed by atoms with Crippen LogP contribution in [0.5, 0.6) is 17.2 Å². The van der Waals surface area contributed by atoms with Gasteiger partial charge in [0.1, 0.15) is 17.2 Å². The number of carbonyl (C=O) groups is 1. The van der Waals surface area contributed by atoms with Crippen molar-refractivity contribution in [3.63, 3.8) is 0 Å². The van der Waals surface area contributed by atoms with Crippen LogP contribution in [0, 0.1) is 0 Å². The molecule has 0 radical (unpaired) electrons. The first-order chi connectivity index (χ1) is 12.6. The Balaban J connectivity index is 1.61. The van der Waals surface area contributed by atoms with Crippen LogP contribution in [0.25, 0.3) is 11.5 Å². The molecule has 3 N–H and O–H groups in total. The van der Waals surface area contributed by atoms with Crippen molar-refractivity contribution in [1.82, 2.24) is 15.5 Å². The number of aromatic hydroxyl groups is 2. The highest BCUT2D eigenvalue weighted by molar-refractivity contribution is 5.96. The van der Waals surface area contributed by atoms with Crippen molar-refractivity contribution >= 4 is 5.91 Å². The minimum atomic E-state index is -0.466. The molecule has 8 heteroatoms. The van der Waals surface area contributed by atoms with Crippen LogP contribution in [0.4, 0.5) is 0 Å². The average molecular weight is 355 g/mol. The first-order valence-electron chi connectivity index (χ1n) is 7.84. The molecule has 3 aromatic rings. The minimum Gasteiger partial charge on any atom is -0.508 e. The highest BCUT2D eigenvalue weighted by Crippen LogP contribution is 2.28. The predicted molar refractivity (Wildman–Crippen MR) is 92.1 cm³/mol. The number of para-hydroxylation sites is 1. The third-order valence-electron chi connectivity index (χ3n) is 3.65. The minimum absolute atomic E-state index is 0.0723. The maximum Gasteiger partial charge on any atom is 0.255 e. The van der Waals surface area contributed by atoms with Crippen LogP contribution >= 0.6 is 0 Å². The molecule has 0 unspecified atom stereocenters. The van der Waals surface area contributed by atoms with E-state index >= 15 is 0 Å². The highest BCUT2D eigenvalue weighted by Gasteiger charge is 2.14. The summed E-state index contributed by atoms with van der Waals surface area (Å²) < 4.78 is 10.9. The largest absolute Gasteiger partial charge is 0.508 e. The third kappa shape index (κ3) is 3.75. The molecule has 0 atom stereocenters. The molecule has 1 amide bonds. The summed E-state index contributed by atoms with van der Waals surface area (Å²) >= 11 is 0. The summed E-state index contributed by atoms with van der Waals surface area (Å²) in [5.41, 5.74) is 0.759. The molecule has 8 nitrogen and oxygen atoms in total. The summed E-state index contributed by atoms with van der Waals surface area (Å²) in [7, 11) is 1.56. The molecule has 3 rings (SSSR count). The van der Waals surface area contributed by atoms with Crippen molar-refractivity contribution < 1.29 is 24.2 Å². The lowest BCUT2D eigenvalue weighted by Gasteiger charge is -2.06. The van der Waals surface area contributed by atoms with Crippen molar-refractivity contribution in [2.75, 3.05) is 13.7 Å². The van der Waals surface area contributed by atoms with Crippen LogP contribution in [-0.4, -0.2) is 40.0 Å². The Morgan fingerprint density at radius 3 is 2.77 bits per heavy atom. The molecule has 26 heavy (non-hydrogen) atoms. The molecular weight excluding hydrogens is 338 g/mol. The number of ether oxygens (including phenoxy) is 1. The van der Waals surface area contributed by atoms with Crippen LogP contribution in [0.2, 0.25) is 0 Å². The number of amides is 1. The lowest BCUT2D eigenvalue weighted by atomic mass is 10.2. The number of nitrogens with zero attached hydrogens (tertiary/aromatic N) is 2. The van der Waals surface area contributed by atoms with E-state index in [1.165, 1.54) is 12.1 Å². The van der Waals surface area contributed by atoms with Gasteiger partial charge in [-0.15, -0.1) is 10.2 Å². The molecule has 134 valence electrons. The molecule has 1 aromatic heterocycles. The lowest BCUT2D eigenvalue weighted by molar-refractivity contribution is 0.0951. The smallest absolute Gasteiger partial charge is 0.255 e. The Kier molecular flexibility index (Phi) is 5.02. The third-order valence-corrected chi connectivity index (χ3v) is 3.65. The fourth-order valence-corrected chi connectivity index (χ4v) is 2.38. The number of phenols is 2. The average Bonchev–Trinajstić information content (AvgIpc) is 3.10. The second kappa shape index (κ2) is 7.56. The quantitative estimate of drug-likeness (QED) is 0.620. The van der Waals surface area contributed by atoms with Gasteiger partial charge in [-0.1, -0.05) is 12.1 Å². The summed E-state index contributed by atoms with van der Waals surface area (Å²) in [6, 6.07) is 11.1. The zero-order valence-corrected chi connectivity index (χ0v) is 14.0. The van der Waals surface area contributed by atoms with Gasteiger partial charge in [-0.2, -0.15) is 0 Å². The summed E-state index contributed by atoms with van der Waals surface area (Å²) in [5, 5.41) is 29.5. The second-order valence-corrected chi connectivity index (χ2v) is 5.41. The van der Waals surface area contributed by atoms with E-state index in [9.17, 15) is 15.0 Å². The van der Waals surface area contributed by atoms with E-state index in [2.05, 4.69) is 15.5 Å². The molecule has 1 heterocycles. The number of nitrogens with one attached hydrogen (secondary N) is 1. The number of carbonyl (C=O) groups excluding carboxylic acids is 1. The highest BCUT2D eigenvalue weighted by atomic mass is 16.5. The van der Waals surface area contributed by atoms with Gasteiger partial charge < -0.3 is 24.7 Å². The monoisotopic (exact) mass is 355 g/mol. The molecular formula is C18H17N3O5. The Hall–Kier alpha value is -3.55. The van der Waals surface area contributed by atoms with Gasteiger partial charge in [0, 0.05) is 19.0 Å². The van der Waals surface area contributed by atoms with E-state index in [1.807, 2.05) is 18.2 Å². The zero-order valence-electron chi connectivity index (χ0n) is 14.0. The number of hydrogen-bond donors (Lipinski definition) is 3. The fourth-order valence-electron chi connectivity index (χ4n) is 2.38. The van der Waals surface area contributed by atoms with Gasteiger partial charge in [0.25, 0.3) is 11.8 Å². The normalized spacial score (nSPS) is 10.5. The number of methoxy groups -OCH3 is 1.